The highest BCUT2D eigenvalue weighted by molar-refractivity contribution is 7.85. The average molecular weight is 444 g/mol. The first-order chi connectivity index (χ1) is 13.8. The fourth-order valence-electron chi connectivity index (χ4n) is 3.01. The number of rotatable bonds is 3. The highest BCUT2D eigenvalue weighted by atomic mass is 31.2. The van der Waals surface area contributed by atoms with E-state index in [1.165, 1.54) is 48.5 Å². The number of halogens is 6. The lowest BCUT2D eigenvalue weighted by Gasteiger charge is -2.23. The van der Waals surface area contributed by atoms with Crippen molar-refractivity contribution in [2.45, 2.75) is 12.4 Å². The summed E-state index contributed by atoms with van der Waals surface area (Å²) in [5.74, 6) is 0. The van der Waals surface area contributed by atoms with Crippen molar-refractivity contribution < 1.29 is 30.9 Å². The molecule has 30 heavy (non-hydrogen) atoms. The number of nitrogen functional groups attached to an aromatic ring is 2. The van der Waals surface area contributed by atoms with E-state index in [0.717, 1.165) is 0 Å². The minimum atomic E-state index is -5.08. The van der Waals surface area contributed by atoms with E-state index in [2.05, 4.69) is 0 Å². The average Bonchev–Trinajstić information content (AvgIpc) is 2.65. The van der Waals surface area contributed by atoms with Gasteiger partial charge in [-0.15, -0.1) is 0 Å². The lowest BCUT2D eigenvalue weighted by Crippen LogP contribution is -2.28. The highest BCUT2D eigenvalue weighted by Gasteiger charge is 2.40. The van der Waals surface area contributed by atoms with Crippen LogP contribution >= 0.6 is 7.14 Å². The second kappa shape index (κ2) is 7.40. The second-order valence-corrected chi connectivity index (χ2v) is 9.33. The molecular formula is C20H15F6N2OP. The number of benzene rings is 3. The van der Waals surface area contributed by atoms with Crippen molar-refractivity contribution in [3.8, 4) is 0 Å². The third kappa shape index (κ3) is 4.16. The Morgan fingerprint density at radius 3 is 1.33 bits per heavy atom. The Morgan fingerprint density at radius 2 is 1.00 bits per heavy atom. The summed E-state index contributed by atoms with van der Waals surface area (Å²) in [7, 11) is -4.18. The molecule has 0 radical (unpaired) electrons. The van der Waals surface area contributed by atoms with Crippen LogP contribution in [0.2, 0.25) is 0 Å². The molecule has 0 saturated carbocycles. The third-order valence-corrected chi connectivity index (χ3v) is 7.40. The largest absolute Gasteiger partial charge is 0.416 e. The summed E-state index contributed by atoms with van der Waals surface area (Å²) in [4.78, 5) is 0. The molecule has 4 N–H and O–H groups in total. The van der Waals surface area contributed by atoms with E-state index in [1.54, 1.807) is 0 Å². The number of nitrogens with two attached hydrogens (primary N) is 2. The maximum absolute atomic E-state index is 14.2. The zero-order valence-corrected chi connectivity index (χ0v) is 16.0. The van der Waals surface area contributed by atoms with Gasteiger partial charge in [-0.1, -0.05) is 24.3 Å². The smallest absolute Gasteiger partial charge is 0.399 e. The van der Waals surface area contributed by atoms with Crippen LogP contribution in [0, 0.1) is 0 Å². The molecule has 0 amide bonds. The predicted octanol–water partition coefficient (Wildman–Crippen LogP) is 4.53. The minimum absolute atomic E-state index is 0.00739. The standard InChI is InChI=1S/C20H15F6N2OP/c21-19(22,23)12-7-13(20(24,25)26)9-18(8-12)30(29,16-5-1-3-14(27)10-16)17-6-2-4-15(28)11-17/h1-11H,27-28H2. The normalized spacial score (nSPS) is 12.7. The van der Waals surface area contributed by atoms with Crippen molar-refractivity contribution in [3.05, 3.63) is 77.9 Å². The molecule has 158 valence electrons. The molecule has 0 spiro atoms. The molecule has 0 aliphatic rings. The molecule has 0 aromatic heterocycles. The minimum Gasteiger partial charge on any atom is -0.399 e. The topological polar surface area (TPSA) is 69.1 Å². The SMILES string of the molecule is Nc1cccc(P(=O)(c2cccc(N)c2)c2cc(C(F)(F)F)cc(C(F)(F)F)c2)c1. The molecule has 3 aromatic carbocycles. The van der Waals surface area contributed by atoms with E-state index in [0.29, 0.717) is 12.1 Å². The van der Waals surface area contributed by atoms with Crippen LogP contribution in [0.1, 0.15) is 11.1 Å². The lowest BCUT2D eigenvalue weighted by atomic mass is 10.1. The Morgan fingerprint density at radius 1 is 0.600 bits per heavy atom. The Bertz CT molecular complexity index is 1060. The first kappa shape index (κ1) is 21.8. The molecule has 3 rings (SSSR count). The molecule has 0 atom stereocenters. The van der Waals surface area contributed by atoms with Crippen LogP contribution in [-0.2, 0) is 16.9 Å². The summed E-state index contributed by atoms with van der Waals surface area (Å²) < 4.78 is 94.4. The molecular weight excluding hydrogens is 429 g/mol. The third-order valence-electron chi connectivity index (χ3n) is 4.40. The van der Waals surface area contributed by atoms with Gasteiger partial charge in [-0.25, -0.2) is 0 Å². The summed E-state index contributed by atoms with van der Waals surface area (Å²) in [6.45, 7) is 0. The van der Waals surface area contributed by atoms with Crippen molar-refractivity contribution in [2.24, 2.45) is 0 Å². The highest BCUT2D eigenvalue weighted by Crippen LogP contribution is 2.46. The van der Waals surface area contributed by atoms with Crippen molar-refractivity contribution in [2.75, 3.05) is 11.5 Å². The van der Waals surface area contributed by atoms with Crippen LogP contribution in [0.15, 0.2) is 66.7 Å². The first-order valence-corrected chi connectivity index (χ1v) is 10.1. The van der Waals surface area contributed by atoms with Gasteiger partial charge in [0.2, 0.25) is 0 Å². The molecule has 0 unspecified atom stereocenters. The van der Waals surface area contributed by atoms with Gasteiger partial charge in [0.25, 0.3) is 0 Å². The Kier molecular flexibility index (Phi) is 5.37. The second-order valence-electron chi connectivity index (χ2n) is 6.56. The monoisotopic (exact) mass is 444 g/mol. The van der Waals surface area contributed by atoms with Gasteiger partial charge in [-0.05, 0) is 42.5 Å². The summed E-state index contributed by atoms with van der Waals surface area (Å²) >= 11 is 0. The zero-order valence-electron chi connectivity index (χ0n) is 15.1. The number of hydrogen-bond acceptors (Lipinski definition) is 3. The van der Waals surface area contributed by atoms with Gasteiger partial charge in [-0.2, -0.15) is 26.3 Å². The van der Waals surface area contributed by atoms with Crippen molar-refractivity contribution >= 4 is 34.4 Å². The van der Waals surface area contributed by atoms with Gasteiger partial charge in [0, 0.05) is 27.3 Å². The van der Waals surface area contributed by atoms with Gasteiger partial charge in [0.05, 0.1) is 11.1 Å². The molecule has 0 fully saturated rings. The summed E-state index contributed by atoms with van der Waals surface area (Å²) in [6, 6.07) is 11.9. The Hall–Kier alpha value is -2.93. The molecule has 10 heteroatoms. The lowest BCUT2D eigenvalue weighted by molar-refractivity contribution is -0.142. The van der Waals surface area contributed by atoms with Crippen LogP contribution in [0.4, 0.5) is 37.7 Å². The van der Waals surface area contributed by atoms with E-state index in [1.807, 2.05) is 0 Å². The van der Waals surface area contributed by atoms with E-state index in [4.69, 9.17) is 11.5 Å². The van der Waals surface area contributed by atoms with E-state index in [-0.39, 0.29) is 28.1 Å². The van der Waals surface area contributed by atoms with Crippen molar-refractivity contribution in [1.29, 1.82) is 0 Å². The van der Waals surface area contributed by atoms with E-state index in [9.17, 15) is 30.9 Å². The van der Waals surface area contributed by atoms with Gasteiger partial charge >= 0.3 is 12.4 Å². The summed E-state index contributed by atoms with van der Waals surface area (Å²) in [5.41, 5.74) is 8.66. The molecule has 0 aliphatic heterocycles. The fourth-order valence-corrected chi connectivity index (χ4v) is 5.80. The summed E-state index contributed by atoms with van der Waals surface area (Å²) in [5, 5.41) is -0.651. The summed E-state index contributed by atoms with van der Waals surface area (Å²) in [6.07, 6.45) is -10.2. The zero-order chi connectivity index (χ0) is 22.3. The van der Waals surface area contributed by atoms with Crippen molar-refractivity contribution in [1.82, 2.24) is 0 Å². The number of anilines is 2. The molecule has 0 aliphatic carbocycles. The van der Waals surface area contributed by atoms with Gasteiger partial charge in [-0.3, -0.25) is 0 Å². The van der Waals surface area contributed by atoms with Crippen LogP contribution < -0.4 is 27.4 Å². The Labute approximate surface area is 167 Å². The molecule has 3 aromatic rings. The first-order valence-electron chi connectivity index (χ1n) is 8.44. The van der Waals surface area contributed by atoms with Crippen LogP contribution in [0.5, 0.6) is 0 Å². The van der Waals surface area contributed by atoms with E-state index >= 15 is 0 Å². The quantitative estimate of drug-likeness (QED) is 0.355. The van der Waals surface area contributed by atoms with Crippen LogP contribution in [0.3, 0.4) is 0 Å². The van der Waals surface area contributed by atoms with Crippen LogP contribution in [-0.4, -0.2) is 0 Å². The maximum Gasteiger partial charge on any atom is 0.416 e. The molecule has 3 nitrogen and oxygen atoms in total. The number of hydrogen-bond donors (Lipinski definition) is 2. The fraction of sp³-hybridized carbons (Fsp3) is 0.100. The number of alkyl halides is 6. The maximum atomic E-state index is 14.2. The van der Waals surface area contributed by atoms with Crippen molar-refractivity contribution in [3.63, 3.8) is 0 Å². The van der Waals surface area contributed by atoms with Gasteiger partial charge in [0.15, 0.2) is 7.14 Å². The van der Waals surface area contributed by atoms with Crippen LogP contribution in [0.25, 0.3) is 0 Å². The van der Waals surface area contributed by atoms with E-state index < -0.39 is 35.9 Å². The molecule has 0 heterocycles. The molecule has 0 bridgehead atoms. The van der Waals surface area contributed by atoms with Gasteiger partial charge in [0.1, 0.15) is 0 Å². The predicted molar refractivity (Wildman–Crippen MR) is 105 cm³/mol. The molecule has 0 saturated heterocycles. The van der Waals surface area contributed by atoms with Gasteiger partial charge < -0.3 is 16.0 Å². The Balaban J connectivity index is 2.42.